The zero-order valence-corrected chi connectivity index (χ0v) is 21.4. The molecule has 1 aliphatic heterocycles. The van der Waals surface area contributed by atoms with Crippen molar-refractivity contribution >= 4 is 23.1 Å². The van der Waals surface area contributed by atoms with Gasteiger partial charge in [0.05, 0.1) is 38.7 Å². The number of fused-ring (bicyclic) bond motifs is 1. The standard InChI is InChI=1S/C28H34N2O5/c1-7-10-24(32)30-20-12-9-8-11-18(20)29-19-15-28(2,3)16-21(31)25(19)26(30)17-13-22(33-4)27(35-6)23(14-17)34-5/h8-9,11-14,26,29H,7,10,15-16H2,1-6H3/t26-/m1/s1. The van der Waals surface area contributed by atoms with E-state index in [2.05, 4.69) is 19.2 Å². The van der Waals surface area contributed by atoms with Crippen LogP contribution >= 0.6 is 0 Å². The van der Waals surface area contributed by atoms with Gasteiger partial charge in [0.15, 0.2) is 17.3 Å². The molecule has 0 bridgehead atoms. The van der Waals surface area contributed by atoms with Crippen molar-refractivity contribution in [1.29, 1.82) is 0 Å². The monoisotopic (exact) mass is 478 g/mol. The highest BCUT2D eigenvalue weighted by atomic mass is 16.5. The number of ketones is 1. The van der Waals surface area contributed by atoms with Crippen LogP contribution in [0, 0.1) is 5.41 Å². The molecule has 0 saturated carbocycles. The van der Waals surface area contributed by atoms with Gasteiger partial charge in [-0.05, 0) is 48.1 Å². The number of amides is 1. The summed E-state index contributed by atoms with van der Waals surface area (Å²) >= 11 is 0. The van der Waals surface area contributed by atoms with Gasteiger partial charge in [0.2, 0.25) is 11.7 Å². The molecule has 1 N–H and O–H groups in total. The zero-order chi connectivity index (χ0) is 25.3. The van der Waals surface area contributed by atoms with Crippen molar-refractivity contribution in [3.05, 3.63) is 53.2 Å². The number of carbonyl (C=O) groups excluding carboxylic acids is 2. The Morgan fingerprint density at radius 1 is 1.06 bits per heavy atom. The Labute approximate surface area is 207 Å². The van der Waals surface area contributed by atoms with Crippen LogP contribution in [0.5, 0.6) is 17.2 Å². The van der Waals surface area contributed by atoms with Crippen molar-refractivity contribution in [2.24, 2.45) is 5.41 Å². The molecular weight excluding hydrogens is 444 g/mol. The Hall–Kier alpha value is -3.48. The number of benzene rings is 2. The minimum atomic E-state index is -0.641. The maximum Gasteiger partial charge on any atom is 0.227 e. The maximum absolute atomic E-state index is 13.8. The Kier molecular flexibility index (Phi) is 6.79. The molecule has 2 aromatic carbocycles. The minimum Gasteiger partial charge on any atom is -0.493 e. The SMILES string of the molecule is CCCC(=O)N1c2ccccc2NC2=C(C(=O)CC(C)(C)C2)[C@H]1c1cc(OC)c(OC)c(OC)c1. The third-order valence-corrected chi connectivity index (χ3v) is 6.64. The van der Waals surface area contributed by atoms with Crippen molar-refractivity contribution < 1.29 is 23.8 Å². The fraction of sp³-hybridized carbons (Fsp3) is 0.429. The summed E-state index contributed by atoms with van der Waals surface area (Å²) in [4.78, 5) is 29.3. The number of Topliss-reactive ketones (excluding diaryl/α,β-unsaturated/α-hetero) is 1. The second-order valence-corrected chi connectivity index (χ2v) is 9.85. The van der Waals surface area contributed by atoms with Crippen LogP contribution in [0.2, 0.25) is 0 Å². The molecule has 186 valence electrons. The molecule has 0 spiro atoms. The number of para-hydroxylation sites is 2. The topological polar surface area (TPSA) is 77.1 Å². The van der Waals surface area contributed by atoms with Crippen LogP contribution in [0.3, 0.4) is 0 Å². The first-order chi connectivity index (χ1) is 16.7. The highest BCUT2D eigenvalue weighted by molar-refractivity contribution is 6.06. The summed E-state index contributed by atoms with van der Waals surface area (Å²) in [6, 6.07) is 10.8. The highest BCUT2D eigenvalue weighted by Gasteiger charge is 2.43. The van der Waals surface area contributed by atoms with Crippen molar-refractivity contribution in [1.82, 2.24) is 0 Å². The van der Waals surface area contributed by atoms with Crippen LogP contribution in [-0.4, -0.2) is 33.0 Å². The van der Waals surface area contributed by atoms with Gasteiger partial charge in [-0.3, -0.25) is 14.5 Å². The summed E-state index contributed by atoms with van der Waals surface area (Å²) in [5.74, 6) is 1.39. The van der Waals surface area contributed by atoms with E-state index in [1.54, 1.807) is 26.2 Å². The van der Waals surface area contributed by atoms with Crippen LogP contribution in [0.15, 0.2) is 47.7 Å². The number of nitrogens with one attached hydrogen (secondary N) is 1. The van der Waals surface area contributed by atoms with Crippen molar-refractivity contribution in [3.63, 3.8) is 0 Å². The minimum absolute atomic E-state index is 0.0320. The summed E-state index contributed by atoms with van der Waals surface area (Å²) in [7, 11) is 4.67. The average Bonchev–Trinajstić information content (AvgIpc) is 2.96. The summed E-state index contributed by atoms with van der Waals surface area (Å²) in [6.45, 7) is 6.18. The number of hydrogen-bond donors (Lipinski definition) is 1. The second-order valence-electron chi connectivity index (χ2n) is 9.85. The van der Waals surface area contributed by atoms with Crippen LogP contribution in [-0.2, 0) is 9.59 Å². The van der Waals surface area contributed by atoms with Gasteiger partial charge in [-0.25, -0.2) is 0 Å². The van der Waals surface area contributed by atoms with E-state index < -0.39 is 6.04 Å². The first kappa shape index (κ1) is 24.6. The number of anilines is 2. The van der Waals surface area contributed by atoms with E-state index in [-0.39, 0.29) is 17.1 Å². The van der Waals surface area contributed by atoms with E-state index >= 15 is 0 Å². The number of allylic oxidation sites excluding steroid dienone is 1. The molecule has 0 radical (unpaired) electrons. The van der Waals surface area contributed by atoms with E-state index in [1.807, 2.05) is 43.3 Å². The Balaban J connectivity index is 2.05. The molecule has 7 nitrogen and oxygen atoms in total. The summed E-state index contributed by atoms with van der Waals surface area (Å²) < 4.78 is 16.8. The van der Waals surface area contributed by atoms with E-state index in [1.165, 1.54) is 0 Å². The van der Waals surface area contributed by atoms with E-state index in [0.29, 0.717) is 48.5 Å². The van der Waals surface area contributed by atoms with Crippen molar-refractivity contribution in [2.75, 3.05) is 31.5 Å². The largest absolute Gasteiger partial charge is 0.493 e. The number of ether oxygens (including phenoxy) is 3. The molecule has 7 heteroatoms. The van der Waals surface area contributed by atoms with Gasteiger partial charge in [-0.15, -0.1) is 0 Å². The first-order valence-electron chi connectivity index (χ1n) is 12.0. The lowest BCUT2D eigenvalue weighted by atomic mass is 9.73. The maximum atomic E-state index is 13.8. The molecule has 0 saturated heterocycles. The van der Waals surface area contributed by atoms with Crippen molar-refractivity contribution in [3.8, 4) is 17.2 Å². The average molecular weight is 479 g/mol. The quantitative estimate of drug-likeness (QED) is 0.578. The van der Waals surface area contributed by atoms with Gasteiger partial charge in [0, 0.05) is 24.1 Å². The normalized spacial score (nSPS) is 18.7. The molecule has 2 aromatic rings. The number of rotatable bonds is 6. The van der Waals surface area contributed by atoms with Crippen molar-refractivity contribution in [2.45, 2.75) is 52.5 Å². The molecule has 1 heterocycles. The molecule has 1 atom stereocenters. The van der Waals surface area contributed by atoms with Gasteiger partial charge in [-0.1, -0.05) is 32.9 Å². The third kappa shape index (κ3) is 4.47. The molecule has 0 fully saturated rings. The Morgan fingerprint density at radius 3 is 2.31 bits per heavy atom. The van der Waals surface area contributed by atoms with Gasteiger partial charge in [0.1, 0.15) is 0 Å². The third-order valence-electron chi connectivity index (χ3n) is 6.64. The second kappa shape index (κ2) is 9.64. The fourth-order valence-electron chi connectivity index (χ4n) is 5.17. The number of carbonyl (C=O) groups is 2. The number of nitrogens with zero attached hydrogens (tertiary/aromatic N) is 1. The Morgan fingerprint density at radius 2 is 1.71 bits per heavy atom. The smallest absolute Gasteiger partial charge is 0.227 e. The lowest BCUT2D eigenvalue weighted by Crippen LogP contribution is -2.39. The summed E-state index contributed by atoms with van der Waals surface area (Å²) in [5, 5.41) is 3.53. The molecule has 0 aromatic heterocycles. The van der Waals surface area contributed by atoms with Crippen LogP contribution in [0.1, 0.15) is 58.1 Å². The van der Waals surface area contributed by atoms with Gasteiger partial charge >= 0.3 is 0 Å². The lowest BCUT2D eigenvalue weighted by Gasteiger charge is -2.37. The number of methoxy groups -OCH3 is 3. The molecule has 2 aliphatic rings. The van der Waals surface area contributed by atoms with Crippen LogP contribution in [0.25, 0.3) is 0 Å². The summed E-state index contributed by atoms with van der Waals surface area (Å²) in [6.07, 6.45) is 2.15. The van der Waals surface area contributed by atoms with Gasteiger partial charge in [-0.2, -0.15) is 0 Å². The molecule has 1 amide bonds. The Bertz CT molecular complexity index is 1160. The zero-order valence-electron chi connectivity index (χ0n) is 21.4. The highest BCUT2D eigenvalue weighted by Crippen LogP contribution is 2.50. The fourth-order valence-corrected chi connectivity index (χ4v) is 5.17. The molecule has 0 unspecified atom stereocenters. The van der Waals surface area contributed by atoms with Gasteiger partial charge in [0.25, 0.3) is 0 Å². The lowest BCUT2D eigenvalue weighted by molar-refractivity contribution is -0.119. The molecule has 4 rings (SSSR count). The van der Waals surface area contributed by atoms with E-state index in [9.17, 15) is 9.59 Å². The van der Waals surface area contributed by atoms with E-state index in [0.717, 1.165) is 22.6 Å². The first-order valence-corrected chi connectivity index (χ1v) is 12.0. The van der Waals surface area contributed by atoms with E-state index in [4.69, 9.17) is 14.2 Å². The molecule has 35 heavy (non-hydrogen) atoms. The van der Waals surface area contributed by atoms with Crippen LogP contribution < -0.4 is 24.4 Å². The predicted octanol–water partition coefficient (Wildman–Crippen LogP) is 5.66. The number of hydrogen-bond acceptors (Lipinski definition) is 6. The van der Waals surface area contributed by atoms with Crippen LogP contribution in [0.4, 0.5) is 11.4 Å². The molecular formula is C28H34N2O5. The summed E-state index contributed by atoms with van der Waals surface area (Å²) in [5.41, 5.74) is 3.54. The predicted molar refractivity (Wildman–Crippen MR) is 136 cm³/mol. The molecule has 1 aliphatic carbocycles. The van der Waals surface area contributed by atoms with Gasteiger partial charge < -0.3 is 19.5 Å².